The van der Waals surface area contributed by atoms with Gasteiger partial charge >= 0.3 is 5.97 Å². The summed E-state index contributed by atoms with van der Waals surface area (Å²) in [6.45, 7) is 0.0577. The number of carboxylic acids is 1. The summed E-state index contributed by atoms with van der Waals surface area (Å²) < 4.78 is 14.7. The first kappa shape index (κ1) is 7.02. The van der Waals surface area contributed by atoms with Gasteiger partial charge in [-0.3, -0.25) is 0 Å². The molecule has 2 aliphatic rings. The van der Waals surface area contributed by atoms with Gasteiger partial charge in [-0.05, 0) is 0 Å². The molecule has 0 aromatic rings. The zero-order valence-electron chi connectivity index (χ0n) is 6.02. The van der Waals surface area contributed by atoms with E-state index in [1.165, 1.54) is 12.3 Å². The fourth-order valence-electron chi connectivity index (χ4n) is 1.05. The van der Waals surface area contributed by atoms with Crippen molar-refractivity contribution in [3.8, 4) is 0 Å². The maximum Gasteiger partial charge on any atom is 0.353 e. The molecule has 0 bridgehead atoms. The Balaban J connectivity index is 2.29. The van der Waals surface area contributed by atoms with Crippen molar-refractivity contribution >= 4 is 5.97 Å². The number of ether oxygens (including phenoxy) is 3. The average Bonchev–Trinajstić information content (AvgIpc) is 2.49. The minimum absolute atomic E-state index is 0.0577. The lowest BCUT2D eigenvalue weighted by atomic mass is 10.2. The number of carbonyl (C=O) groups is 1. The lowest BCUT2D eigenvalue weighted by Crippen LogP contribution is -2.26. The highest BCUT2D eigenvalue weighted by atomic mass is 16.7. The van der Waals surface area contributed by atoms with Crippen LogP contribution in [-0.2, 0) is 19.0 Å². The Bertz CT molecular complexity index is 278. The van der Waals surface area contributed by atoms with Gasteiger partial charge in [-0.15, -0.1) is 0 Å². The van der Waals surface area contributed by atoms with E-state index in [9.17, 15) is 4.79 Å². The molecule has 2 aliphatic heterocycles. The highest BCUT2D eigenvalue weighted by Crippen LogP contribution is 2.26. The van der Waals surface area contributed by atoms with Gasteiger partial charge in [0.1, 0.15) is 0 Å². The maximum absolute atomic E-state index is 10.6. The van der Waals surface area contributed by atoms with Crippen molar-refractivity contribution < 1.29 is 24.1 Å². The van der Waals surface area contributed by atoms with Gasteiger partial charge in [0.15, 0.2) is 11.5 Å². The second-order valence-electron chi connectivity index (χ2n) is 2.29. The van der Waals surface area contributed by atoms with E-state index in [0.29, 0.717) is 5.76 Å². The predicted molar refractivity (Wildman–Crippen MR) is 35.7 cm³/mol. The Morgan fingerprint density at radius 2 is 2.42 bits per heavy atom. The second-order valence-corrected chi connectivity index (χ2v) is 2.29. The molecule has 2 rings (SSSR count). The highest BCUT2D eigenvalue weighted by Gasteiger charge is 2.34. The van der Waals surface area contributed by atoms with Crippen LogP contribution in [0.4, 0.5) is 0 Å². The SMILES string of the molecule is O=C(O)C1OC=CC2=C1OCO2. The van der Waals surface area contributed by atoms with E-state index in [1.807, 2.05) is 0 Å². The summed E-state index contributed by atoms with van der Waals surface area (Å²) in [5.74, 6) is -0.406. The van der Waals surface area contributed by atoms with Crippen LogP contribution in [-0.4, -0.2) is 24.0 Å². The van der Waals surface area contributed by atoms with Crippen molar-refractivity contribution in [1.29, 1.82) is 0 Å². The van der Waals surface area contributed by atoms with Crippen LogP contribution in [0.5, 0.6) is 0 Å². The molecule has 2 heterocycles. The third kappa shape index (κ3) is 0.903. The monoisotopic (exact) mass is 170 g/mol. The highest BCUT2D eigenvalue weighted by molar-refractivity contribution is 5.76. The number of aliphatic carboxylic acids is 1. The first-order chi connectivity index (χ1) is 5.79. The summed E-state index contributed by atoms with van der Waals surface area (Å²) >= 11 is 0. The van der Waals surface area contributed by atoms with Crippen molar-refractivity contribution in [3.63, 3.8) is 0 Å². The van der Waals surface area contributed by atoms with E-state index < -0.39 is 12.1 Å². The van der Waals surface area contributed by atoms with Crippen LogP contribution in [0.25, 0.3) is 0 Å². The molecule has 1 N–H and O–H groups in total. The lowest BCUT2D eigenvalue weighted by Gasteiger charge is -2.14. The number of hydrogen-bond acceptors (Lipinski definition) is 4. The Labute approximate surface area is 67.8 Å². The fraction of sp³-hybridized carbons (Fsp3) is 0.286. The molecule has 64 valence electrons. The molecule has 0 fully saturated rings. The normalized spacial score (nSPS) is 25.5. The number of hydrogen-bond donors (Lipinski definition) is 1. The summed E-state index contributed by atoms with van der Waals surface area (Å²) in [5, 5.41) is 8.66. The van der Waals surface area contributed by atoms with E-state index in [0.717, 1.165) is 0 Å². The molecular weight excluding hydrogens is 164 g/mol. The van der Waals surface area contributed by atoms with Gasteiger partial charge < -0.3 is 19.3 Å². The predicted octanol–water partition coefficient (Wildman–Crippen LogP) is 0.199. The Kier molecular flexibility index (Phi) is 1.43. The molecule has 0 aromatic carbocycles. The van der Waals surface area contributed by atoms with Crippen molar-refractivity contribution in [2.24, 2.45) is 0 Å². The largest absolute Gasteiger partial charge is 0.478 e. The van der Waals surface area contributed by atoms with Gasteiger partial charge in [-0.2, -0.15) is 0 Å². The van der Waals surface area contributed by atoms with Crippen LogP contribution in [0, 0.1) is 0 Å². The number of rotatable bonds is 1. The van der Waals surface area contributed by atoms with E-state index in [4.69, 9.17) is 19.3 Å². The summed E-state index contributed by atoms with van der Waals surface area (Å²) in [6, 6.07) is 0. The van der Waals surface area contributed by atoms with Crippen molar-refractivity contribution in [1.82, 2.24) is 0 Å². The Hall–Kier alpha value is -1.65. The zero-order valence-corrected chi connectivity index (χ0v) is 6.02. The Morgan fingerprint density at radius 3 is 3.17 bits per heavy atom. The van der Waals surface area contributed by atoms with Crippen LogP contribution in [0.1, 0.15) is 0 Å². The van der Waals surface area contributed by atoms with Gasteiger partial charge in [0.05, 0.1) is 6.26 Å². The van der Waals surface area contributed by atoms with E-state index in [-0.39, 0.29) is 12.6 Å². The van der Waals surface area contributed by atoms with E-state index in [2.05, 4.69) is 0 Å². The molecule has 0 aromatic heterocycles. The molecule has 0 amide bonds. The standard InChI is InChI=1S/C7H6O5/c8-7(9)6-5-4(1-2-10-6)11-3-12-5/h1-2,6H,3H2,(H,8,9). The summed E-state index contributed by atoms with van der Waals surface area (Å²) in [7, 11) is 0. The third-order valence-electron chi connectivity index (χ3n) is 1.57. The van der Waals surface area contributed by atoms with Gasteiger partial charge in [-0.25, -0.2) is 4.79 Å². The zero-order chi connectivity index (χ0) is 8.55. The molecule has 0 aliphatic carbocycles. The molecule has 0 saturated heterocycles. The number of carboxylic acid groups (broad SMARTS) is 1. The van der Waals surface area contributed by atoms with Gasteiger partial charge in [-0.1, -0.05) is 0 Å². The minimum atomic E-state index is -1.09. The summed E-state index contributed by atoms with van der Waals surface area (Å²) in [4.78, 5) is 10.6. The maximum atomic E-state index is 10.6. The minimum Gasteiger partial charge on any atom is -0.478 e. The third-order valence-corrected chi connectivity index (χ3v) is 1.57. The first-order valence-electron chi connectivity index (χ1n) is 3.33. The summed E-state index contributed by atoms with van der Waals surface area (Å²) in [6.07, 6.45) is 1.75. The average molecular weight is 170 g/mol. The lowest BCUT2D eigenvalue weighted by molar-refractivity contribution is -0.146. The van der Waals surface area contributed by atoms with Crippen molar-refractivity contribution in [2.45, 2.75) is 6.10 Å². The Morgan fingerprint density at radius 1 is 1.58 bits per heavy atom. The smallest absolute Gasteiger partial charge is 0.353 e. The quantitative estimate of drug-likeness (QED) is 0.608. The second kappa shape index (κ2) is 2.44. The molecule has 0 spiro atoms. The first-order valence-corrected chi connectivity index (χ1v) is 3.33. The van der Waals surface area contributed by atoms with Crippen LogP contribution < -0.4 is 0 Å². The molecule has 5 nitrogen and oxygen atoms in total. The van der Waals surface area contributed by atoms with E-state index in [1.54, 1.807) is 0 Å². The van der Waals surface area contributed by atoms with Crippen molar-refractivity contribution in [3.05, 3.63) is 23.9 Å². The van der Waals surface area contributed by atoms with Gasteiger partial charge in [0.2, 0.25) is 6.79 Å². The summed E-state index contributed by atoms with van der Waals surface area (Å²) in [5.41, 5.74) is 0. The molecule has 1 atom stereocenters. The molecule has 12 heavy (non-hydrogen) atoms. The molecular formula is C7H6O5. The van der Waals surface area contributed by atoms with Gasteiger partial charge in [0, 0.05) is 6.08 Å². The number of allylic oxidation sites excluding steroid dienone is 1. The van der Waals surface area contributed by atoms with Crippen LogP contribution >= 0.6 is 0 Å². The molecule has 1 unspecified atom stereocenters. The molecule has 0 saturated carbocycles. The van der Waals surface area contributed by atoms with Gasteiger partial charge in [0.25, 0.3) is 6.10 Å². The van der Waals surface area contributed by atoms with Crippen molar-refractivity contribution in [2.75, 3.05) is 6.79 Å². The molecule has 0 radical (unpaired) electrons. The topological polar surface area (TPSA) is 65.0 Å². The van der Waals surface area contributed by atoms with Crippen LogP contribution in [0.3, 0.4) is 0 Å². The fourth-order valence-corrected chi connectivity index (χ4v) is 1.05. The van der Waals surface area contributed by atoms with Crippen LogP contribution in [0.2, 0.25) is 0 Å². The molecule has 5 heteroatoms. The van der Waals surface area contributed by atoms with Crippen LogP contribution in [0.15, 0.2) is 23.9 Å². The van der Waals surface area contributed by atoms with E-state index >= 15 is 0 Å².